The molecule has 116 valence electrons. The van der Waals surface area contributed by atoms with Gasteiger partial charge in [-0.15, -0.1) is 0 Å². The molecule has 1 amide bonds. The molecule has 0 aromatic carbocycles. The first-order valence-electron chi connectivity index (χ1n) is 7.32. The van der Waals surface area contributed by atoms with Crippen LogP contribution in [0.3, 0.4) is 0 Å². The van der Waals surface area contributed by atoms with Crippen molar-refractivity contribution in [2.75, 3.05) is 36.5 Å². The standard InChI is InChI=1S/C14H23N5O2/c1-4-15-12-7-13(17-9-16-12)19-5-6-21-8-11(19)14(20)18-10(2)3/h7,9-11H,4-6,8H2,1-3H3,(H,18,20)(H,15,16,17). The zero-order chi connectivity index (χ0) is 15.2. The maximum Gasteiger partial charge on any atom is 0.245 e. The summed E-state index contributed by atoms with van der Waals surface area (Å²) in [5, 5.41) is 6.09. The first-order chi connectivity index (χ1) is 10.1. The molecule has 0 radical (unpaired) electrons. The molecule has 2 heterocycles. The van der Waals surface area contributed by atoms with E-state index < -0.39 is 0 Å². The van der Waals surface area contributed by atoms with Crippen molar-refractivity contribution in [3.63, 3.8) is 0 Å². The van der Waals surface area contributed by atoms with Gasteiger partial charge in [0.05, 0.1) is 13.2 Å². The molecule has 1 unspecified atom stereocenters. The molecule has 1 saturated heterocycles. The Morgan fingerprint density at radius 2 is 2.33 bits per heavy atom. The monoisotopic (exact) mass is 293 g/mol. The molecule has 1 aliphatic heterocycles. The van der Waals surface area contributed by atoms with Gasteiger partial charge in [0, 0.05) is 25.2 Å². The average molecular weight is 293 g/mol. The van der Waals surface area contributed by atoms with Gasteiger partial charge in [-0.05, 0) is 20.8 Å². The van der Waals surface area contributed by atoms with Crippen LogP contribution in [0.2, 0.25) is 0 Å². The van der Waals surface area contributed by atoms with Crippen LogP contribution in [-0.2, 0) is 9.53 Å². The van der Waals surface area contributed by atoms with E-state index in [0.717, 1.165) is 18.2 Å². The highest BCUT2D eigenvalue weighted by Crippen LogP contribution is 2.19. The molecule has 21 heavy (non-hydrogen) atoms. The molecule has 0 bridgehead atoms. The van der Waals surface area contributed by atoms with Crippen molar-refractivity contribution in [3.8, 4) is 0 Å². The molecule has 1 aromatic heterocycles. The second-order valence-electron chi connectivity index (χ2n) is 5.24. The molecule has 2 rings (SSSR count). The van der Waals surface area contributed by atoms with Gasteiger partial charge < -0.3 is 20.3 Å². The van der Waals surface area contributed by atoms with Crippen molar-refractivity contribution in [3.05, 3.63) is 12.4 Å². The Balaban J connectivity index is 2.18. The van der Waals surface area contributed by atoms with Crippen molar-refractivity contribution in [2.24, 2.45) is 0 Å². The summed E-state index contributed by atoms with van der Waals surface area (Å²) in [5.41, 5.74) is 0. The van der Waals surface area contributed by atoms with Crippen LogP contribution in [0.25, 0.3) is 0 Å². The summed E-state index contributed by atoms with van der Waals surface area (Å²) < 4.78 is 5.45. The van der Waals surface area contributed by atoms with Gasteiger partial charge in [-0.25, -0.2) is 9.97 Å². The third-order valence-corrected chi connectivity index (χ3v) is 3.17. The van der Waals surface area contributed by atoms with Gasteiger partial charge in [0.1, 0.15) is 24.0 Å². The third kappa shape index (κ3) is 4.04. The van der Waals surface area contributed by atoms with Crippen LogP contribution >= 0.6 is 0 Å². The molecular formula is C14H23N5O2. The number of carbonyl (C=O) groups excluding carboxylic acids is 1. The van der Waals surface area contributed by atoms with Crippen LogP contribution in [0.1, 0.15) is 20.8 Å². The maximum atomic E-state index is 12.3. The molecule has 1 aromatic rings. The van der Waals surface area contributed by atoms with E-state index in [9.17, 15) is 4.79 Å². The van der Waals surface area contributed by atoms with Crippen LogP contribution in [0, 0.1) is 0 Å². The molecule has 0 spiro atoms. The quantitative estimate of drug-likeness (QED) is 0.829. The molecular weight excluding hydrogens is 270 g/mol. The summed E-state index contributed by atoms with van der Waals surface area (Å²) in [4.78, 5) is 22.7. The average Bonchev–Trinajstić information content (AvgIpc) is 2.47. The smallest absolute Gasteiger partial charge is 0.245 e. The second kappa shape index (κ2) is 7.21. The van der Waals surface area contributed by atoms with Gasteiger partial charge in [0.2, 0.25) is 5.91 Å². The van der Waals surface area contributed by atoms with E-state index in [0.29, 0.717) is 19.8 Å². The number of ether oxygens (including phenoxy) is 1. The van der Waals surface area contributed by atoms with E-state index in [2.05, 4.69) is 20.6 Å². The Kier molecular flexibility index (Phi) is 5.32. The molecule has 7 nitrogen and oxygen atoms in total. The highest BCUT2D eigenvalue weighted by Gasteiger charge is 2.30. The van der Waals surface area contributed by atoms with Crippen molar-refractivity contribution in [1.29, 1.82) is 0 Å². The minimum absolute atomic E-state index is 0.0340. The van der Waals surface area contributed by atoms with E-state index in [-0.39, 0.29) is 18.0 Å². The topological polar surface area (TPSA) is 79.4 Å². The Morgan fingerprint density at radius 3 is 3.05 bits per heavy atom. The summed E-state index contributed by atoms with van der Waals surface area (Å²) >= 11 is 0. The summed E-state index contributed by atoms with van der Waals surface area (Å²) in [6.07, 6.45) is 1.51. The zero-order valence-corrected chi connectivity index (χ0v) is 12.8. The summed E-state index contributed by atoms with van der Waals surface area (Å²) in [5.74, 6) is 1.47. The Bertz CT molecular complexity index is 480. The predicted molar refractivity (Wildman–Crippen MR) is 81.4 cm³/mol. The Labute approximate surface area is 125 Å². The van der Waals surface area contributed by atoms with Gasteiger partial charge >= 0.3 is 0 Å². The minimum Gasteiger partial charge on any atom is -0.377 e. The maximum absolute atomic E-state index is 12.3. The lowest BCUT2D eigenvalue weighted by Gasteiger charge is -2.35. The largest absolute Gasteiger partial charge is 0.377 e. The van der Waals surface area contributed by atoms with Crippen LogP contribution in [0.15, 0.2) is 12.4 Å². The summed E-state index contributed by atoms with van der Waals surface area (Å²) in [7, 11) is 0. The van der Waals surface area contributed by atoms with Crippen LogP contribution < -0.4 is 15.5 Å². The number of aromatic nitrogens is 2. The summed E-state index contributed by atoms with van der Waals surface area (Å²) in [6, 6.07) is 1.61. The fourth-order valence-electron chi connectivity index (χ4n) is 2.26. The van der Waals surface area contributed by atoms with E-state index in [1.807, 2.05) is 31.7 Å². The molecule has 1 aliphatic rings. The highest BCUT2D eigenvalue weighted by atomic mass is 16.5. The molecule has 7 heteroatoms. The molecule has 1 fully saturated rings. The fraction of sp³-hybridized carbons (Fsp3) is 0.643. The van der Waals surface area contributed by atoms with Crippen LogP contribution in [0.4, 0.5) is 11.6 Å². The molecule has 0 aliphatic carbocycles. The lowest BCUT2D eigenvalue weighted by molar-refractivity contribution is -0.125. The van der Waals surface area contributed by atoms with E-state index in [1.54, 1.807) is 0 Å². The third-order valence-electron chi connectivity index (χ3n) is 3.17. The number of hydrogen-bond acceptors (Lipinski definition) is 6. The lowest BCUT2D eigenvalue weighted by atomic mass is 10.2. The van der Waals surface area contributed by atoms with Gasteiger partial charge in [0.15, 0.2) is 0 Å². The fourth-order valence-corrected chi connectivity index (χ4v) is 2.26. The van der Waals surface area contributed by atoms with Crippen LogP contribution in [-0.4, -0.2) is 54.3 Å². The molecule has 1 atom stereocenters. The van der Waals surface area contributed by atoms with E-state index in [4.69, 9.17) is 4.74 Å². The normalized spacial score (nSPS) is 18.7. The van der Waals surface area contributed by atoms with Gasteiger partial charge in [-0.2, -0.15) is 0 Å². The Hall–Kier alpha value is -1.89. The number of nitrogens with one attached hydrogen (secondary N) is 2. The lowest BCUT2D eigenvalue weighted by Crippen LogP contribution is -2.55. The van der Waals surface area contributed by atoms with Gasteiger partial charge in [0.25, 0.3) is 0 Å². The molecule has 0 saturated carbocycles. The Morgan fingerprint density at radius 1 is 1.52 bits per heavy atom. The van der Waals surface area contributed by atoms with Crippen molar-refractivity contribution < 1.29 is 9.53 Å². The number of nitrogens with zero attached hydrogens (tertiary/aromatic N) is 3. The number of morpholine rings is 1. The number of rotatable bonds is 5. The van der Waals surface area contributed by atoms with E-state index >= 15 is 0 Å². The first kappa shape index (κ1) is 15.5. The number of anilines is 2. The second-order valence-corrected chi connectivity index (χ2v) is 5.24. The predicted octanol–water partition coefficient (Wildman–Crippen LogP) is 0.638. The van der Waals surface area contributed by atoms with Crippen molar-refractivity contribution >= 4 is 17.5 Å². The van der Waals surface area contributed by atoms with E-state index in [1.165, 1.54) is 6.33 Å². The number of amides is 1. The molecule has 2 N–H and O–H groups in total. The minimum atomic E-state index is -0.356. The van der Waals surface area contributed by atoms with Gasteiger partial charge in [-0.1, -0.05) is 0 Å². The van der Waals surface area contributed by atoms with Crippen molar-refractivity contribution in [2.45, 2.75) is 32.9 Å². The SMILES string of the molecule is CCNc1cc(N2CCOCC2C(=O)NC(C)C)ncn1. The zero-order valence-electron chi connectivity index (χ0n) is 12.8. The first-order valence-corrected chi connectivity index (χ1v) is 7.32. The number of carbonyl (C=O) groups is 1. The van der Waals surface area contributed by atoms with Gasteiger partial charge in [-0.3, -0.25) is 4.79 Å². The van der Waals surface area contributed by atoms with Crippen molar-refractivity contribution in [1.82, 2.24) is 15.3 Å². The highest BCUT2D eigenvalue weighted by molar-refractivity contribution is 5.85. The summed E-state index contributed by atoms with van der Waals surface area (Å²) in [6.45, 7) is 8.29. The van der Waals surface area contributed by atoms with Crippen LogP contribution in [0.5, 0.6) is 0 Å². The number of hydrogen-bond donors (Lipinski definition) is 2.